The largest absolute Gasteiger partial charge is 0.348 e. The van der Waals surface area contributed by atoms with Crippen molar-refractivity contribution < 1.29 is 9.18 Å². The monoisotopic (exact) mass is 341 g/mol. The molecule has 2 aliphatic rings. The molecule has 1 atom stereocenters. The Labute approximate surface area is 147 Å². The van der Waals surface area contributed by atoms with E-state index in [1.165, 1.54) is 31.4 Å². The maximum absolute atomic E-state index is 13.4. The van der Waals surface area contributed by atoms with Crippen molar-refractivity contribution in [1.29, 1.82) is 0 Å². The number of nitrogens with one attached hydrogen (secondary N) is 1. The van der Waals surface area contributed by atoms with Gasteiger partial charge < -0.3 is 14.8 Å². The van der Waals surface area contributed by atoms with Gasteiger partial charge in [-0.25, -0.2) is 9.18 Å². The van der Waals surface area contributed by atoms with Crippen molar-refractivity contribution in [3.05, 3.63) is 59.7 Å². The number of fused-ring (bicyclic) bond motifs is 1. The predicted octanol–water partition coefficient (Wildman–Crippen LogP) is 4.07. The van der Waals surface area contributed by atoms with Gasteiger partial charge in [0.15, 0.2) is 0 Å². The van der Waals surface area contributed by atoms with E-state index >= 15 is 0 Å². The fourth-order valence-electron chi connectivity index (χ4n) is 4.10. The Hall–Kier alpha value is -2.30. The summed E-state index contributed by atoms with van der Waals surface area (Å²) in [5, 5.41) is 3.23. The predicted molar refractivity (Wildman–Crippen MR) is 94.8 cm³/mol. The summed E-state index contributed by atoms with van der Waals surface area (Å²) in [4.78, 5) is 14.9. The Kier molecular flexibility index (Phi) is 4.47. The molecule has 2 aromatic rings. The first-order chi connectivity index (χ1) is 12.2. The molecule has 1 aromatic carbocycles. The summed E-state index contributed by atoms with van der Waals surface area (Å²) in [6.45, 7) is 1.44. The zero-order valence-corrected chi connectivity index (χ0v) is 14.3. The van der Waals surface area contributed by atoms with Gasteiger partial charge in [0.2, 0.25) is 0 Å². The number of rotatable bonds is 2. The second-order valence-corrected chi connectivity index (χ2v) is 7.06. The number of benzene rings is 1. The van der Waals surface area contributed by atoms with Gasteiger partial charge in [-0.1, -0.05) is 31.4 Å². The van der Waals surface area contributed by atoms with Crippen molar-refractivity contribution in [2.45, 2.75) is 50.7 Å². The first kappa shape index (κ1) is 16.2. The topological polar surface area (TPSA) is 37.3 Å². The second-order valence-electron chi connectivity index (χ2n) is 7.06. The molecule has 5 heteroatoms. The highest BCUT2D eigenvalue weighted by atomic mass is 19.1. The molecule has 1 aliphatic heterocycles. The molecule has 1 aliphatic carbocycles. The van der Waals surface area contributed by atoms with Gasteiger partial charge in [-0.3, -0.25) is 0 Å². The highest BCUT2D eigenvalue weighted by molar-refractivity contribution is 5.76. The molecular weight excluding hydrogens is 317 g/mol. The van der Waals surface area contributed by atoms with Crippen molar-refractivity contribution in [2.75, 3.05) is 6.54 Å². The van der Waals surface area contributed by atoms with Gasteiger partial charge in [0.05, 0.1) is 6.04 Å². The molecule has 0 saturated heterocycles. The fourth-order valence-corrected chi connectivity index (χ4v) is 4.10. The molecule has 132 valence electrons. The number of halogens is 1. The van der Waals surface area contributed by atoms with Gasteiger partial charge in [-0.2, -0.15) is 0 Å². The minimum atomic E-state index is -0.256. The van der Waals surface area contributed by atoms with Crippen LogP contribution in [-0.2, 0) is 6.54 Å². The molecule has 0 radical (unpaired) electrons. The molecule has 0 bridgehead atoms. The van der Waals surface area contributed by atoms with Crippen LogP contribution in [0.2, 0.25) is 0 Å². The van der Waals surface area contributed by atoms with Crippen LogP contribution < -0.4 is 5.32 Å². The third kappa shape index (κ3) is 3.28. The molecule has 1 saturated carbocycles. The van der Waals surface area contributed by atoms with Crippen LogP contribution in [0.3, 0.4) is 0 Å². The van der Waals surface area contributed by atoms with Crippen LogP contribution >= 0.6 is 0 Å². The number of amides is 2. The second kappa shape index (κ2) is 6.90. The van der Waals surface area contributed by atoms with Crippen molar-refractivity contribution in [3.63, 3.8) is 0 Å². The quantitative estimate of drug-likeness (QED) is 0.878. The summed E-state index contributed by atoms with van der Waals surface area (Å²) in [5.41, 5.74) is 2.02. The molecular formula is C20H24FN3O. The smallest absolute Gasteiger partial charge is 0.318 e. The van der Waals surface area contributed by atoms with Crippen LogP contribution in [0.4, 0.5) is 9.18 Å². The lowest BCUT2D eigenvalue weighted by atomic mass is 9.95. The van der Waals surface area contributed by atoms with Crippen molar-refractivity contribution in [3.8, 4) is 0 Å². The van der Waals surface area contributed by atoms with Crippen LogP contribution in [0, 0.1) is 5.82 Å². The lowest BCUT2D eigenvalue weighted by molar-refractivity contribution is 0.162. The number of carbonyl (C=O) groups excluding carboxylic acids is 1. The average molecular weight is 341 g/mol. The standard InChI is InChI=1S/C20H24FN3O/c21-16-10-8-15(9-11-16)19-18-7-4-12-23(18)13-14-24(19)20(25)22-17-5-2-1-3-6-17/h4,7-12,17,19H,1-3,5-6,13-14H2,(H,22,25)/t19-/m0/s1. The van der Waals surface area contributed by atoms with Crippen LogP contribution in [0.15, 0.2) is 42.6 Å². The molecule has 4 rings (SSSR count). The van der Waals surface area contributed by atoms with Crippen molar-refractivity contribution >= 4 is 6.03 Å². The van der Waals surface area contributed by atoms with E-state index < -0.39 is 0 Å². The Balaban J connectivity index is 1.61. The van der Waals surface area contributed by atoms with Gasteiger partial charge in [-0.15, -0.1) is 0 Å². The SMILES string of the molecule is O=C(NC1CCCCC1)N1CCn2cccc2[C@@H]1c1ccc(F)cc1. The van der Waals surface area contributed by atoms with E-state index in [0.29, 0.717) is 6.54 Å². The molecule has 1 fully saturated rings. The summed E-state index contributed by atoms with van der Waals surface area (Å²) in [6.07, 6.45) is 7.82. The maximum Gasteiger partial charge on any atom is 0.318 e. The first-order valence-corrected chi connectivity index (χ1v) is 9.20. The third-order valence-corrected chi connectivity index (χ3v) is 5.42. The van der Waals surface area contributed by atoms with Crippen molar-refractivity contribution in [1.82, 2.24) is 14.8 Å². The van der Waals surface area contributed by atoms with E-state index in [0.717, 1.165) is 30.6 Å². The lowest BCUT2D eigenvalue weighted by Crippen LogP contribution is -2.50. The zero-order valence-electron chi connectivity index (χ0n) is 14.3. The molecule has 0 unspecified atom stereocenters. The number of carbonyl (C=O) groups is 1. The van der Waals surface area contributed by atoms with Crippen LogP contribution in [0.5, 0.6) is 0 Å². The molecule has 2 amide bonds. The number of hydrogen-bond acceptors (Lipinski definition) is 1. The van der Waals surface area contributed by atoms with E-state index in [-0.39, 0.29) is 23.9 Å². The van der Waals surface area contributed by atoms with E-state index in [2.05, 4.69) is 9.88 Å². The van der Waals surface area contributed by atoms with E-state index in [1.54, 1.807) is 12.1 Å². The number of hydrogen-bond donors (Lipinski definition) is 1. The third-order valence-electron chi connectivity index (χ3n) is 5.42. The Bertz CT molecular complexity index is 734. The Morgan fingerprint density at radius 1 is 1.04 bits per heavy atom. The molecule has 1 N–H and O–H groups in total. The molecule has 2 heterocycles. The van der Waals surface area contributed by atoms with Crippen LogP contribution in [-0.4, -0.2) is 28.1 Å². The highest BCUT2D eigenvalue weighted by Gasteiger charge is 2.33. The normalized spacial score (nSPS) is 21.0. The van der Waals surface area contributed by atoms with Crippen LogP contribution in [0.1, 0.15) is 49.4 Å². The zero-order chi connectivity index (χ0) is 17.2. The number of urea groups is 1. The Morgan fingerprint density at radius 3 is 2.56 bits per heavy atom. The van der Waals surface area contributed by atoms with Gasteiger partial charge in [0.25, 0.3) is 0 Å². The van der Waals surface area contributed by atoms with Gasteiger partial charge in [0, 0.05) is 31.0 Å². The van der Waals surface area contributed by atoms with Gasteiger partial charge in [-0.05, 0) is 42.7 Å². The summed E-state index contributed by atoms with van der Waals surface area (Å²) >= 11 is 0. The van der Waals surface area contributed by atoms with E-state index in [9.17, 15) is 9.18 Å². The minimum Gasteiger partial charge on any atom is -0.348 e. The summed E-state index contributed by atoms with van der Waals surface area (Å²) in [7, 11) is 0. The summed E-state index contributed by atoms with van der Waals surface area (Å²) < 4.78 is 15.5. The number of nitrogens with zero attached hydrogens (tertiary/aromatic N) is 2. The van der Waals surface area contributed by atoms with Gasteiger partial charge >= 0.3 is 6.03 Å². The average Bonchev–Trinajstić information content (AvgIpc) is 3.11. The fraction of sp³-hybridized carbons (Fsp3) is 0.450. The Morgan fingerprint density at radius 2 is 1.80 bits per heavy atom. The highest BCUT2D eigenvalue weighted by Crippen LogP contribution is 2.32. The molecule has 25 heavy (non-hydrogen) atoms. The molecule has 4 nitrogen and oxygen atoms in total. The van der Waals surface area contributed by atoms with Gasteiger partial charge in [0.1, 0.15) is 5.82 Å². The van der Waals surface area contributed by atoms with Crippen molar-refractivity contribution in [2.24, 2.45) is 0 Å². The van der Waals surface area contributed by atoms with E-state index in [1.807, 2.05) is 23.2 Å². The maximum atomic E-state index is 13.4. The molecule has 1 aromatic heterocycles. The van der Waals surface area contributed by atoms with E-state index in [4.69, 9.17) is 0 Å². The van der Waals surface area contributed by atoms with Crippen LogP contribution in [0.25, 0.3) is 0 Å². The summed E-state index contributed by atoms with van der Waals surface area (Å²) in [5.74, 6) is -0.256. The molecule has 0 spiro atoms. The number of aromatic nitrogens is 1. The lowest BCUT2D eigenvalue weighted by Gasteiger charge is -2.38. The first-order valence-electron chi connectivity index (χ1n) is 9.20. The minimum absolute atomic E-state index is 0.00586. The summed E-state index contributed by atoms with van der Waals surface area (Å²) in [6, 6.07) is 10.7.